The number of anilines is 2. The summed E-state index contributed by atoms with van der Waals surface area (Å²) in [5, 5.41) is 6.28. The number of carbonyl (C=O) groups excluding carboxylic acids is 4. The fourth-order valence-corrected chi connectivity index (χ4v) is 4.42. The van der Waals surface area contributed by atoms with Gasteiger partial charge in [0.1, 0.15) is 17.1 Å². The third-order valence-electron chi connectivity index (χ3n) is 6.34. The zero-order chi connectivity index (χ0) is 25.8. The lowest BCUT2D eigenvalue weighted by Crippen LogP contribution is -2.37. The van der Waals surface area contributed by atoms with Crippen molar-refractivity contribution in [2.75, 3.05) is 24.8 Å². The number of hydrogen-bond donors (Lipinski definition) is 2. The Morgan fingerprint density at radius 1 is 1.14 bits per heavy atom. The molecule has 36 heavy (non-hydrogen) atoms. The van der Waals surface area contributed by atoms with E-state index in [-0.39, 0.29) is 40.7 Å². The van der Waals surface area contributed by atoms with Crippen LogP contribution in [0.5, 0.6) is 0 Å². The molecule has 4 rings (SSSR count). The summed E-state index contributed by atoms with van der Waals surface area (Å²) < 4.78 is 10.6. The molecule has 11 heteroatoms. The number of aromatic nitrogens is 1. The summed E-state index contributed by atoms with van der Waals surface area (Å²) in [7, 11) is 3.00. The van der Waals surface area contributed by atoms with E-state index < -0.39 is 11.9 Å². The second kappa shape index (κ2) is 10.8. The lowest BCUT2D eigenvalue weighted by molar-refractivity contribution is -0.122. The second-order valence-electron chi connectivity index (χ2n) is 8.59. The van der Waals surface area contributed by atoms with Crippen molar-refractivity contribution in [3.63, 3.8) is 0 Å². The number of furan rings is 1. The molecule has 0 unspecified atom stereocenters. The van der Waals surface area contributed by atoms with E-state index >= 15 is 0 Å². The Kier molecular flexibility index (Phi) is 7.54. The number of hydrogen-bond acceptors (Lipinski definition) is 7. The van der Waals surface area contributed by atoms with Gasteiger partial charge >= 0.3 is 5.97 Å². The molecule has 10 nitrogen and oxygen atoms in total. The SMILES string of the molecule is COC(=O)c1ccc2oc(C(=O)Nc3ccc(Cl)cn3)c(NC(=O)[C@H]3CC[C@H](N(C)C=O)CC3)c2c1. The molecular weight excluding hydrogens is 488 g/mol. The number of pyridine rings is 1. The molecule has 2 heterocycles. The minimum atomic E-state index is -0.632. The predicted molar refractivity (Wildman–Crippen MR) is 133 cm³/mol. The zero-order valence-corrected chi connectivity index (χ0v) is 20.5. The number of fused-ring (bicyclic) bond motifs is 1. The number of carbonyl (C=O) groups is 4. The summed E-state index contributed by atoms with van der Waals surface area (Å²) in [5.41, 5.74) is 0.702. The third kappa shape index (κ3) is 5.33. The molecule has 188 valence electrons. The molecular formula is C25H25ClN4O6. The molecule has 1 aromatic carbocycles. The number of benzene rings is 1. The first kappa shape index (κ1) is 25.2. The molecule has 0 aliphatic heterocycles. The van der Waals surface area contributed by atoms with Crippen LogP contribution in [0.3, 0.4) is 0 Å². The fourth-order valence-electron chi connectivity index (χ4n) is 4.31. The molecule has 1 fully saturated rings. The summed E-state index contributed by atoms with van der Waals surface area (Å²) in [6, 6.07) is 7.76. The van der Waals surface area contributed by atoms with Crippen LogP contribution in [-0.4, -0.2) is 54.3 Å². The van der Waals surface area contributed by atoms with E-state index in [0.717, 1.165) is 6.41 Å². The maximum absolute atomic E-state index is 13.2. The van der Waals surface area contributed by atoms with Crippen LogP contribution in [0.15, 0.2) is 40.9 Å². The van der Waals surface area contributed by atoms with Crippen molar-refractivity contribution in [3.8, 4) is 0 Å². The lowest BCUT2D eigenvalue weighted by atomic mass is 9.85. The van der Waals surface area contributed by atoms with Gasteiger partial charge in [-0.25, -0.2) is 9.78 Å². The molecule has 0 bridgehead atoms. The number of ether oxygens (including phenoxy) is 1. The van der Waals surface area contributed by atoms with E-state index in [1.54, 1.807) is 18.0 Å². The molecule has 1 aliphatic carbocycles. The third-order valence-corrected chi connectivity index (χ3v) is 6.57. The van der Waals surface area contributed by atoms with E-state index in [1.807, 2.05) is 0 Å². The van der Waals surface area contributed by atoms with Crippen molar-refractivity contribution < 1.29 is 28.3 Å². The van der Waals surface area contributed by atoms with Gasteiger partial charge in [0.15, 0.2) is 0 Å². The molecule has 2 aromatic heterocycles. The molecule has 3 amide bonds. The van der Waals surface area contributed by atoms with Crippen LogP contribution in [0, 0.1) is 5.92 Å². The molecule has 0 saturated heterocycles. The second-order valence-corrected chi connectivity index (χ2v) is 9.03. The number of esters is 1. The maximum atomic E-state index is 13.2. The van der Waals surface area contributed by atoms with E-state index in [2.05, 4.69) is 15.6 Å². The van der Waals surface area contributed by atoms with Crippen LogP contribution in [-0.2, 0) is 14.3 Å². The van der Waals surface area contributed by atoms with Gasteiger partial charge in [0.05, 0.1) is 17.7 Å². The molecule has 0 spiro atoms. The van der Waals surface area contributed by atoms with E-state index in [1.165, 1.54) is 37.6 Å². The number of rotatable bonds is 7. The average Bonchev–Trinajstić information content (AvgIpc) is 3.26. The van der Waals surface area contributed by atoms with E-state index in [0.29, 0.717) is 41.7 Å². The van der Waals surface area contributed by atoms with Crippen molar-refractivity contribution in [2.45, 2.75) is 31.7 Å². The smallest absolute Gasteiger partial charge is 0.337 e. The Balaban J connectivity index is 1.63. The van der Waals surface area contributed by atoms with Gasteiger partial charge in [0, 0.05) is 30.6 Å². The molecule has 2 N–H and O–H groups in total. The van der Waals surface area contributed by atoms with Gasteiger partial charge in [-0.2, -0.15) is 0 Å². The first-order chi connectivity index (χ1) is 17.3. The topological polar surface area (TPSA) is 131 Å². The van der Waals surface area contributed by atoms with Crippen molar-refractivity contribution in [1.29, 1.82) is 0 Å². The van der Waals surface area contributed by atoms with Crippen molar-refractivity contribution in [3.05, 3.63) is 52.9 Å². The minimum Gasteiger partial charge on any atom is -0.465 e. The normalized spacial score (nSPS) is 17.3. The first-order valence-corrected chi connectivity index (χ1v) is 11.7. The Morgan fingerprint density at radius 2 is 1.89 bits per heavy atom. The summed E-state index contributed by atoms with van der Waals surface area (Å²) in [6.45, 7) is 0. The number of nitrogens with zero attached hydrogens (tertiary/aromatic N) is 2. The molecule has 3 aromatic rings. The number of amides is 3. The Labute approximate surface area is 211 Å². The largest absolute Gasteiger partial charge is 0.465 e. The van der Waals surface area contributed by atoms with Crippen LogP contribution in [0.4, 0.5) is 11.5 Å². The van der Waals surface area contributed by atoms with Crippen LogP contribution in [0.25, 0.3) is 11.0 Å². The Bertz CT molecular complexity index is 1300. The monoisotopic (exact) mass is 512 g/mol. The summed E-state index contributed by atoms with van der Waals surface area (Å²) in [6.07, 6.45) is 4.76. The summed E-state index contributed by atoms with van der Waals surface area (Å²) in [5.74, 6) is -1.66. The highest BCUT2D eigenvalue weighted by Crippen LogP contribution is 2.34. The van der Waals surface area contributed by atoms with E-state index in [9.17, 15) is 19.2 Å². The minimum absolute atomic E-state index is 0.0946. The highest BCUT2D eigenvalue weighted by atomic mass is 35.5. The maximum Gasteiger partial charge on any atom is 0.337 e. The molecule has 1 saturated carbocycles. The Hall–Kier alpha value is -3.92. The van der Waals surface area contributed by atoms with Crippen LogP contribution in [0.2, 0.25) is 5.02 Å². The van der Waals surface area contributed by atoms with Gasteiger partial charge in [0.2, 0.25) is 18.1 Å². The van der Waals surface area contributed by atoms with Gasteiger partial charge < -0.3 is 24.7 Å². The van der Waals surface area contributed by atoms with Gasteiger partial charge in [-0.15, -0.1) is 0 Å². The number of nitrogens with one attached hydrogen (secondary N) is 2. The fraction of sp³-hybridized carbons (Fsp3) is 0.320. The molecule has 0 atom stereocenters. The van der Waals surface area contributed by atoms with Crippen molar-refractivity contribution in [1.82, 2.24) is 9.88 Å². The standard InChI is InChI=1S/C25H25ClN4O6/c1-30(13-31)17-7-3-14(4-8-17)23(32)29-21-18-11-15(25(34)35-2)5-9-19(18)36-22(21)24(33)28-20-10-6-16(26)12-27-20/h5-6,9-14,17H,3-4,7-8H2,1-2H3,(H,29,32)(H,27,28,33)/t14-,17-. The van der Waals surface area contributed by atoms with Gasteiger partial charge in [-0.05, 0) is 56.0 Å². The summed E-state index contributed by atoms with van der Waals surface area (Å²) in [4.78, 5) is 55.2. The average molecular weight is 513 g/mol. The van der Waals surface area contributed by atoms with Gasteiger partial charge in [-0.3, -0.25) is 14.4 Å². The lowest BCUT2D eigenvalue weighted by Gasteiger charge is -2.32. The molecule has 1 aliphatic rings. The summed E-state index contributed by atoms with van der Waals surface area (Å²) >= 11 is 5.86. The van der Waals surface area contributed by atoms with Crippen molar-refractivity contribution >= 4 is 58.3 Å². The zero-order valence-electron chi connectivity index (χ0n) is 19.7. The Morgan fingerprint density at radius 3 is 2.53 bits per heavy atom. The molecule has 0 radical (unpaired) electrons. The highest BCUT2D eigenvalue weighted by molar-refractivity contribution is 6.30. The van der Waals surface area contributed by atoms with Crippen molar-refractivity contribution in [2.24, 2.45) is 5.92 Å². The van der Waals surface area contributed by atoms with E-state index in [4.69, 9.17) is 20.8 Å². The van der Waals surface area contributed by atoms with Gasteiger partial charge in [-0.1, -0.05) is 11.6 Å². The van der Waals surface area contributed by atoms with Crippen LogP contribution < -0.4 is 10.6 Å². The predicted octanol–water partition coefficient (Wildman–Crippen LogP) is 4.11. The van der Waals surface area contributed by atoms with Crippen LogP contribution >= 0.6 is 11.6 Å². The highest BCUT2D eigenvalue weighted by Gasteiger charge is 2.30. The quantitative estimate of drug-likeness (QED) is 0.360. The van der Waals surface area contributed by atoms with Gasteiger partial charge in [0.25, 0.3) is 5.91 Å². The first-order valence-electron chi connectivity index (χ1n) is 11.4. The number of halogens is 1. The number of methoxy groups -OCH3 is 1. The van der Waals surface area contributed by atoms with Crippen LogP contribution in [0.1, 0.15) is 46.6 Å².